The molecule has 0 bridgehead atoms. The number of anilines is 2. The van der Waals surface area contributed by atoms with Gasteiger partial charge < -0.3 is 16.4 Å². The van der Waals surface area contributed by atoms with Crippen molar-refractivity contribution in [2.45, 2.75) is 25.3 Å². The van der Waals surface area contributed by atoms with E-state index in [-0.39, 0.29) is 17.8 Å². The molecule has 1 unspecified atom stereocenters. The van der Waals surface area contributed by atoms with Gasteiger partial charge in [0, 0.05) is 13.1 Å². The highest BCUT2D eigenvalue weighted by molar-refractivity contribution is 7.18. The number of hydrogen-bond donors (Lipinski definition) is 3. The van der Waals surface area contributed by atoms with E-state index in [0.717, 1.165) is 19.3 Å². The minimum absolute atomic E-state index is 0.129. The summed E-state index contributed by atoms with van der Waals surface area (Å²) in [5, 5.41) is 6.64. The Bertz CT molecular complexity index is 667. The van der Waals surface area contributed by atoms with Crippen molar-refractivity contribution in [3.05, 3.63) is 40.3 Å². The second-order valence-corrected chi connectivity index (χ2v) is 6.16. The van der Waals surface area contributed by atoms with E-state index in [1.165, 1.54) is 22.5 Å². The van der Waals surface area contributed by atoms with Crippen molar-refractivity contribution in [1.29, 1.82) is 0 Å². The zero-order valence-electron chi connectivity index (χ0n) is 11.8. The SMILES string of the molecule is CNc1nc(N)c(C(=O)NC2CCc3ccccc3C2)s1. The molecule has 5 nitrogen and oxygen atoms in total. The molecule has 4 N–H and O–H groups in total. The number of nitrogens with two attached hydrogens (primary N) is 1. The van der Waals surface area contributed by atoms with Gasteiger partial charge in [0.15, 0.2) is 5.13 Å². The van der Waals surface area contributed by atoms with Gasteiger partial charge in [-0.3, -0.25) is 4.79 Å². The molecule has 110 valence electrons. The molecule has 1 aromatic carbocycles. The van der Waals surface area contributed by atoms with Gasteiger partial charge in [-0.2, -0.15) is 0 Å². The van der Waals surface area contributed by atoms with Gasteiger partial charge in [0.05, 0.1) is 0 Å². The number of hydrogen-bond acceptors (Lipinski definition) is 5. The van der Waals surface area contributed by atoms with Crippen LogP contribution in [0.4, 0.5) is 10.9 Å². The first kappa shape index (κ1) is 13.9. The Labute approximate surface area is 127 Å². The van der Waals surface area contributed by atoms with Crippen LogP contribution in [0.2, 0.25) is 0 Å². The van der Waals surface area contributed by atoms with E-state index in [0.29, 0.717) is 10.0 Å². The lowest BCUT2D eigenvalue weighted by atomic mass is 9.88. The topological polar surface area (TPSA) is 80.0 Å². The first-order chi connectivity index (χ1) is 10.2. The molecule has 21 heavy (non-hydrogen) atoms. The van der Waals surface area contributed by atoms with Gasteiger partial charge in [0.25, 0.3) is 5.91 Å². The van der Waals surface area contributed by atoms with E-state index in [1.54, 1.807) is 7.05 Å². The summed E-state index contributed by atoms with van der Waals surface area (Å²) < 4.78 is 0. The quantitative estimate of drug-likeness (QED) is 0.810. The maximum atomic E-state index is 12.3. The molecule has 1 aliphatic rings. The fraction of sp³-hybridized carbons (Fsp3) is 0.333. The summed E-state index contributed by atoms with van der Waals surface area (Å²) in [7, 11) is 1.76. The highest BCUT2D eigenvalue weighted by Gasteiger charge is 2.23. The highest BCUT2D eigenvalue weighted by atomic mass is 32.1. The van der Waals surface area contributed by atoms with Crippen LogP contribution in [0, 0.1) is 0 Å². The van der Waals surface area contributed by atoms with E-state index >= 15 is 0 Å². The molecular weight excluding hydrogens is 284 g/mol. The van der Waals surface area contributed by atoms with E-state index in [4.69, 9.17) is 5.73 Å². The van der Waals surface area contributed by atoms with E-state index in [1.807, 2.05) is 6.07 Å². The van der Waals surface area contributed by atoms with Crippen LogP contribution in [0.3, 0.4) is 0 Å². The number of rotatable bonds is 3. The van der Waals surface area contributed by atoms with Crippen LogP contribution in [-0.2, 0) is 12.8 Å². The fourth-order valence-electron chi connectivity index (χ4n) is 2.67. The summed E-state index contributed by atoms with van der Waals surface area (Å²) in [6, 6.07) is 8.56. The molecule has 1 heterocycles. The van der Waals surface area contributed by atoms with Crippen molar-refractivity contribution in [3.8, 4) is 0 Å². The molecule has 3 rings (SSSR count). The summed E-state index contributed by atoms with van der Waals surface area (Å²) in [4.78, 5) is 16.9. The number of thiazole rings is 1. The molecule has 0 spiro atoms. The van der Waals surface area contributed by atoms with Crippen LogP contribution in [0.15, 0.2) is 24.3 Å². The predicted molar refractivity (Wildman–Crippen MR) is 85.8 cm³/mol. The van der Waals surface area contributed by atoms with Gasteiger partial charge in [-0.15, -0.1) is 0 Å². The van der Waals surface area contributed by atoms with Crippen molar-refractivity contribution in [1.82, 2.24) is 10.3 Å². The summed E-state index contributed by atoms with van der Waals surface area (Å²) in [6.07, 6.45) is 2.83. The molecule has 0 aliphatic heterocycles. The summed E-state index contributed by atoms with van der Waals surface area (Å²) in [5.74, 6) is 0.161. The Morgan fingerprint density at radius 3 is 2.86 bits per heavy atom. The van der Waals surface area contributed by atoms with Gasteiger partial charge in [-0.05, 0) is 30.4 Å². The smallest absolute Gasteiger partial charge is 0.265 e. The zero-order chi connectivity index (χ0) is 14.8. The van der Waals surface area contributed by atoms with Crippen LogP contribution >= 0.6 is 11.3 Å². The number of amides is 1. The Kier molecular flexibility index (Phi) is 3.79. The van der Waals surface area contributed by atoms with Crippen molar-refractivity contribution in [2.75, 3.05) is 18.1 Å². The summed E-state index contributed by atoms with van der Waals surface area (Å²) >= 11 is 1.28. The molecule has 6 heteroatoms. The second-order valence-electron chi connectivity index (χ2n) is 5.17. The van der Waals surface area contributed by atoms with Crippen LogP contribution in [0.5, 0.6) is 0 Å². The van der Waals surface area contributed by atoms with Crippen LogP contribution in [0.1, 0.15) is 27.2 Å². The first-order valence-electron chi connectivity index (χ1n) is 6.99. The second kappa shape index (κ2) is 5.73. The minimum Gasteiger partial charge on any atom is -0.382 e. The third-order valence-electron chi connectivity index (χ3n) is 3.76. The fourth-order valence-corrected chi connectivity index (χ4v) is 3.41. The van der Waals surface area contributed by atoms with Gasteiger partial charge in [0.2, 0.25) is 0 Å². The number of nitrogens with zero attached hydrogens (tertiary/aromatic N) is 1. The zero-order valence-corrected chi connectivity index (χ0v) is 12.7. The molecule has 0 radical (unpaired) electrons. The maximum absolute atomic E-state index is 12.3. The van der Waals surface area contributed by atoms with Crippen molar-refractivity contribution in [2.24, 2.45) is 0 Å². The Morgan fingerprint density at radius 2 is 2.14 bits per heavy atom. The highest BCUT2D eigenvalue weighted by Crippen LogP contribution is 2.26. The molecule has 0 fully saturated rings. The average molecular weight is 302 g/mol. The molecule has 1 aromatic heterocycles. The Hall–Kier alpha value is -2.08. The van der Waals surface area contributed by atoms with Crippen LogP contribution < -0.4 is 16.4 Å². The number of benzene rings is 1. The van der Waals surface area contributed by atoms with E-state index in [2.05, 4.69) is 33.8 Å². The third kappa shape index (κ3) is 2.85. The van der Waals surface area contributed by atoms with Crippen LogP contribution in [0.25, 0.3) is 0 Å². The lowest BCUT2D eigenvalue weighted by Crippen LogP contribution is -2.38. The predicted octanol–water partition coefficient (Wildman–Crippen LogP) is 2.05. The number of nitrogen functional groups attached to an aromatic ring is 1. The molecule has 1 atom stereocenters. The van der Waals surface area contributed by atoms with Gasteiger partial charge in [-0.1, -0.05) is 35.6 Å². The lowest BCUT2D eigenvalue weighted by Gasteiger charge is -2.25. The van der Waals surface area contributed by atoms with Gasteiger partial charge in [-0.25, -0.2) is 4.98 Å². The number of fused-ring (bicyclic) bond motifs is 1. The van der Waals surface area contributed by atoms with Crippen LogP contribution in [-0.4, -0.2) is 24.0 Å². The average Bonchev–Trinajstić information content (AvgIpc) is 2.88. The molecule has 0 saturated carbocycles. The van der Waals surface area contributed by atoms with E-state index in [9.17, 15) is 4.79 Å². The molecule has 1 aliphatic carbocycles. The molecule has 0 saturated heterocycles. The molecular formula is C15H18N4OS. The molecule has 2 aromatic rings. The van der Waals surface area contributed by atoms with Crippen molar-refractivity contribution >= 4 is 28.2 Å². The minimum atomic E-state index is -0.129. The number of aromatic nitrogens is 1. The number of aryl methyl sites for hydroxylation is 1. The lowest BCUT2D eigenvalue weighted by molar-refractivity contribution is 0.0938. The summed E-state index contributed by atoms with van der Waals surface area (Å²) in [5.41, 5.74) is 8.51. The Morgan fingerprint density at radius 1 is 1.38 bits per heavy atom. The number of carbonyl (C=O) groups is 1. The molecule has 1 amide bonds. The van der Waals surface area contributed by atoms with Crippen molar-refractivity contribution < 1.29 is 4.79 Å². The maximum Gasteiger partial charge on any atom is 0.265 e. The normalized spacial score (nSPS) is 17.1. The summed E-state index contributed by atoms with van der Waals surface area (Å²) in [6.45, 7) is 0. The largest absolute Gasteiger partial charge is 0.382 e. The third-order valence-corrected chi connectivity index (χ3v) is 4.84. The monoisotopic (exact) mass is 302 g/mol. The van der Waals surface area contributed by atoms with Crippen molar-refractivity contribution in [3.63, 3.8) is 0 Å². The first-order valence-corrected chi connectivity index (χ1v) is 7.80. The number of carbonyl (C=O) groups excluding carboxylic acids is 1. The Balaban J connectivity index is 1.70. The van der Waals surface area contributed by atoms with E-state index < -0.39 is 0 Å². The number of nitrogens with one attached hydrogen (secondary N) is 2. The standard InChI is InChI=1S/C15H18N4OS/c1-17-15-19-13(16)12(21-15)14(20)18-11-7-6-9-4-2-3-5-10(9)8-11/h2-5,11H,6-8,16H2,1H3,(H,17,19)(H,18,20). The van der Waals surface area contributed by atoms with Gasteiger partial charge >= 0.3 is 0 Å². The van der Waals surface area contributed by atoms with Gasteiger partial charge in [0.1, 0.15) is 10.7 Å².